The summed E-state index contributed by atoms with van der Waals surface area (Å²) in [6, 6.07) is 8.98. The van der Waals surface area contributed by atoms with Gasteiger partial charge in [-0.25, -0.2) is 9.48 Å². The van der Waals surface area contributed by atoms with Crippen LogP contribution in [0.5, 0.6) is 0 Å². The van der Waals surface area contributed by atoms with E-state index in [2.05, 4.69) is 31.6 Å². The van der Waals surface area contributed by atoms with Crippen LogP contribution in [0.2, 0.25) is 0 Å². The molecule has 7 N–H and O–H groups in total. The molecule has 4 atom stereocenters. The largest absolute Gasteiger partial charge is 0.384 e. The van der Waals surface area contributed by atoms with Gasteiger partial charge in [-0.2, -0.15) is 0 Å². The van der Waals surface area contributed by atoms with Gasteiger partial charge in [-0.15, -0.1) is 5.10 Å². The molecule has 6 rings (SSSR count). The first kappa shape index (κ1) is 44.2. The number of hydrogen-bond acceptors (Lipinski definition) is 9. The van der Waals surface area contributed by atoms with Crippen LogP contribution in [-0.2, 0) is 24.8 Å². The van der Waals surface area contributed by atoms with Crippen molar-refractivity contribution in [3.8, 4) is 0 Å². The number of carbonyl (C=O) groups is 6. The van der Waals surface area contributed by atoms with E-state index in [4.69, 9.17) is 5.73 Å². The van der Waals surface area contributed by atoms with Gasteiger partial charge in [0, 0.05) is 31.1 Å². The average Bonchev–Trinajstić information content (AvgIpc) is 3.92. The number of nitrogens with zero attached hydrogens (tertiary/aromatic N) is 4. The van der Waals surface area contributed by atoms with Gasteiger partial charge in [0.2, 0.25) is 17.6 Å². The van der Waals surface area contributed by atoms with E-state index in [9.17, 15) is 33.9 Å². The maximum atomic E-state index is 14.9. The number of carbonyl (C=O) groups excluding carboxylic acids is 6. The van der Waals surface area contributed by atoms with Gasteiger partial charge in [-0.3, -0.25) is 24.0 Å². The summed E-state index contributed by atoms with van der Waals surface area (Å²) < 4.78 is 1.51. The van der Waals surface area contributed by atoms with Crippen molar-refractivity contribution in [2.75, 3.05) is 13.1 Å². The number of amides is 6. The van der Waals surface area contributed by atoms with E-state index in [0.717, 1.165) is 68.6 Å². The number of Topliss-reactive ketones (excluding diaryl/α,β-unsaturated/α-hetero) is 1. The average molecular weight is 828 g/mol. The van der Waals surface area contributed by atoms with E-state index < -0.39 is 59.2 Å². The molecule has 2 unspecified atom stereocenters. The molecule has 16 nitrogen and oxygen atoms in total. The van der Waals surface area contributed by atoms with Crippen molar-refractivity contribution >= 4 is 46.2 Å². The molecule has 1 aliphatic heterocycles. The van der Waals surface area contributed by atoms with Crippen LogP contribution in [0.4, 0.5) is 4.79 Å². The fraction of sp³-hybridized carbons (Fsp3) is 0.591. The smallest absolute Gasteiger partial charge is 0.315 e. The second-order valence-corrected chi connectivity index (χ2v) is 17.4. The van der Waals surface area contributed by atoms with Crippen molar-refractivity contribution in [3.63, 3.8) is 0 Å². The van der Waals surface area contributed by atoms with E-state index in [1.165, 1.54) is 22.2 Å². The van der Waals surface area contributed by atoms with E-state index >= 15 is 0 Å². The number of nitrogens with one attached hydrogen (secondary N) is 4. The molecule has 0 spiro atoms. The number of nitrogens with two attached hydrogens (primary N) is 1. The van der Waals surface area contributed by atoms with Crippen LogP contribution in [0.15, 0.2) is 48.7 Å². The topological polar surface area (TPSA) is 231 Å². The van der Waals surface area contributed by atoms with Crippen LogP contribution in [0.3, 0.4) is 0 Å². The molecule has 6 amide bonds. The quantitative estimate of drug-likeness (QED) is 0.0855. The van der Waals surface area contributed by atoms with Crippen molar-refractivity contribution in [1.29, 1.82) is 0 Å². The predicted octanol–water partition coefficient (Wildman–Crippen LogP) is 3.91. The number of benzene rings is 2. The normalized spacial score (nSPS) is 19.9. The summed E-state index contributed by atoms with van der Waals surface area (Å²) in [7, 11) is 0. The third-order valence-electron chi connectivity index (χ3n) is 12.3. The summed E-state index contributed by atoms with van der Waals surface area (Å²) in [5.41, 5.74) is 4.88. The zero-order valence-corrected chi connectivity index (χ0v) is 34.9. The molecule has 0 radical (unpaired) electrons. The maximum absolute atomic E-state index is 14.9. The Balaban J connectivity index is 1.20. The lowest BCUT2D eigenvalue weighted by Gasteiger charge is -2.32. The van der Waals surface area contributed by atoms with Gasteiger partial charge in [0.05, 0.1) is 24.0 Å². The summed E-state index contributed by atoms with van der Waals surface area (Å²) in [6.07, 6.45) is 13.0. The third kappa shape index (κ3) is 11.5. The molecule has 2 aliphatic carbocycles. The lowest BCUT2D eigenvalue weighted by atomic mass is 9.84. The van der Waals surface area contributed by atoms with Gasteiger partial charge in [0.1, 0.15) is 17.7 Å². The fourth-order valence-electron chi connectivity index (χ4n) is 9.05. The Bertz CT molecular complexity index is 2000. The number of fused-ring (bicyclic) bond motifs is 1. The zero-order chi connectivity index (χ0) is 42.8. The minimum absolute atomic E-state index is 0.000600. The first-order valence-electron chi connectivity index (χ1n) is 21.7. The number of unbranched alkanes of at least 4 members (excludes halogenated alkanes) is 1. The molecule has 1 aromatic heterocycles. The van der Waals surface area contributed by atoms with Crippen LogP contribution in [-0.4, -0.2) is 97.7 Å². The maximum Gasteiger partial charge on any atom is 0.315 e. The van der Waals surface area contributed by atoms with Gasteiger partial charge in [0.15, 0.2) is 0 Å². The highest BCUT2D eigenvalue weighted by Crippen LogP contribution is 2.34. The Labute approximate surface area is 351 Å². The Morgan fingerprint density at radius 2 is 1.58 bits per heavy atom. The number of aliphatic hydroxyl groups is 1. The molecule has 60 heavy (non-hydrogen) atoms. The van der Waals surface area contributed by atoms with E-state index in [1.54, 1.807) is 26.0 Å². The van der Waals surface area contributed by atoms with E-state index in [-0.39, 0.29) is 37.4 Å². The van der Waals surface area contributed by atoms with Crippen molar-refractivity contribution in [2.45, 2.75) is 146 Å². The highest BCUT2D eigenvalue weighted by atomic mass is 16.3. The molecule has 2 aromatic carbocycles. The standard InChI is InChI=1S/C44H61N9O7/c1-44(2,60)37-26-47-51-53(37)33-25-36(41(57)49-34(38(54)39(45)55)19-11-12-22-46-43(59)48-32-17-7-4-8-18-32)52(27-33)42(58)35(23-28-13-5-3-6-14-28)50-40(56)31-21-20-29-15-9-10-16-30(29)24-31/h9-10,15-16,20-21,24,26,28,32-36,60H,3-8,11-14,17-19,22-23,25,27H2,1-2H3,(H2,45,55)(H,49,57)(H,50,56)(H2,46,48,59)/t33-,34?,35?,36-/m0/s1. The van der Waals surface area contributed by atoms with Gasteiger partial charge < -0.3 is 37.0 Å². The lowest BCUT2D eigenvalue weighted by Crippen LogP contribution is -2.56. The zero-order valence-electron chi connectivity index (χ0n) is 34.9. The molecule has 16 heteroatoms. The van der Waals surface area contributed by atoms with Crippen LogP contribution < -0.4 is 27.0 Å². The van der Waals surface area contributed by atoms with Crippen molar-refractivity contribution in [3.05, 3.63) is 59.9 Å². The second-order valence-electron chi connectivity index (χ2n) is 17.4. The molecule has 3 aromatic rings. The van der Waals surface area contributed by atoms with Crippen LogP contribution >= 0.6 is 0 Å². The minimum atomic E-state index is -1.35. The van der Waals surface area contributed by atoms with Crippen molar-refractivity contribution in [2.24, 2.45) is 11.7 Å². The molecule has 0 bridgehead atoms. The molecule has 3 fully saturated rings. The van der Waals surface area contributed by atoms with Crippen LogP contribution in [0, 0.1) is 5.92 Å². The first-order chi connectivity index (χ1) is 28.8. The number of primary amides is 1. The fourth-order valence-corrected chi connectivity index (χ4v) is 9.05. The molecule has 324 valence electrons. The third-order valence-corrected chi connectivity index (χ3v) is 12.3. The van der Waals surface area contributed by atoms with E-state index in [0.29, 0.717) is 37.1 Å². The van der Waals surface area contributed by atoms with Gasteiger partial charge >= 0.3 is 6.03 Å². The number of rotatable bonds is 17. The number of ketones is 1. The highest BCUT2D eigenvalue weighted by Gasteiger charge is 2.45. The molecule has 2 saturated carbocycles. The summed E-state index contributed by atoms with van der Waals surface area (Å²) in [5, 5.41) is 32.7. The van der Waals surface area contributed by atoms with Crippen LogP contribution in [0.1, 0.15) is 132 Å². The highest BCUT2D eigenvalue weighted by molar-refractivity contribution is 6.37. The van der Waals surface area contributed by atoms with Crippen LogP contribution in [0.25, 0.3) is 10.8 Å². The molecular weight excluding hydrogens is 767 g/mol. The number of likely N-dealkylation sites (tertiary alicyclic amines) is 1. The predicted molar refractivity (Wildman–Crippen MR) is 224 cm³/mol. The first-order valence-corrected chi connectivity index (χ1v) is 21.7. The Hall–Kier alpha value is -5.38. The van der Waals surface area contributed by atoms with E-state index in [1.807, 2.05) is 30.3 Å². The molecule has 2 heterocycles. The molecule has 1 saturated heterocycles. The number of urea groups is 1. The lowest BCUT2D eigenvalue weighted by molar-refractivity contribution is -0.142. The number of hydrogen-bond donors (Lipinski definition) is 6. The summed E-state index contributed by atoms with van der Waals surface area (Å²) in [5.74, 6) is -3.55. The summed E-state index contributed by atoms with van der Waals surface area (Å²) >= 11 is 0. The molecular formula is C44H61N9O7. The van der Waals surface area contributed by atoms with Gasteiger partial charge in [-0.05, 0) is 81.2 Å². The van der Waals surface area contributed by atoms with Gasteiger partial charge in [0.25, 0.3) is 11.8 Å². The van der Waals surface area contributed by atoms with Crippen molar-refractivity contribution < 1.29 is 33.9 Å². The monoisotopic (exact) mass is 827 g/mol. The SMILES string of the molecule is CC(C)(O)c1cnnn1[C@H]1C[C@@H](C(=O)NC(CCCCNC(=O)NC2CCCCC2)C(=O)C(N)=O)N(C(=O)C(CC2CCCCC2)NC(=O)c2ccc3ccccc3c2)C1. The second kappa shape index (κ2) is 20.3. The van der Waals surface area contributed by atoms with Crippen molar-refractivity contribution in [1.82, 2.24) is 41.2 Å². The summed E-state index contributed by atoms with van der Waals surface area (Å²) in [6.45, 7) is 3.50. The Morgan fingerprint density at radius 1 is 0.883 bits per heavy atom. The Kier molecular flexibility index (Phi) is 14.9. The van der Waals surface area contributed by atoms with Gasteiger partial charge in [-0.1, -0.05) is 86.9 Å². The Morgan fingerprint density at radius 3 is 2.28 bits per heavy atom. The minimum Gasteiger partial charge on any atom is -0.384 e. The summed E-state index contributed by atoms with van der Waals surface area (Å²) in [4.78, 5) is 82.4. The molecule has 3 aliphatic rings. The number of aromatic nitrogens is 3.